The van der Waals surface area contributed by atoms with Crippen molar-refractivity contribution in [2.24, 2.45) is 5.73 Å². The summed E-state index contributed by atoms with van der Waals surface area (Å²) in [6.07, 6.45) is 0.743. The molecular formula is C43H40Cl2N4O8. The molecule has 0 bridgehead atoms. The summed E-state index contributed by atoms with van der Waals surface area (Å²) in [6, 6.07) is 32.6. The summed E-state index contributed by atoms with van der Waals surface area (Å²) in [5.74, 6) is -1.16. The normalized spacial score (nSPS) is 10.6. The number of anilines is 1. The number of aryl methyl sites for hydroxylation is 2. The van der Waals surface area contributed by atoms with Crippen molar-refractivity contribution in [1.82, 2.24) is 9.13 Å². The molecule has 2 aromatic heterocycles. The van der Waals surface area contributed by atoms with Crippen LogP contribution in [0.2, 0.25) is 10.0 Å². The number of nitrogens with one attached hydrogen (secondary N) is 1. The van der Waals surface area contributed by atoms with Gasteiger partial charge in [-0.1, -0.05) is 23.2 Å². The second-order valence-electron chi connectivity index (χ2n) is 12.7. The van der Waals surface area contributed by atoms with Crippen LogP contribution in [0.3, 0.4) is 0 Å². The molecule has 6 aromatic rings. The molecule has 0 saturated heterocycles. The maximum Gasteiger partial charge on any atom is 0.303 e. The Hall–Kier alpha value is -6.50. The first-order chi connectivity index (χ1) is 27.3. The van der Waals surface area contributed by atoms with E-state index in [0.29, 0.717) is 45.6 Å². The number of ether oxygens (including phenoxy) is 2. The number of benzene rings is 4. The number of nitrogens with zero attached hydrogens (tertiary/aromatic N) is 2. The maximum atomic E-state index is 11.4. The zero-order valence-corrected chi connectivity index (χ0v) is 32.8. The van der Waals surface area contributed by atoms with Gasteiger partial charge in [0, 0.05) is 62.1 Å². The molecule has 4 aromatic carbocycles. The highest BCUT2D eigenvalue weighted by atomic mass is 35.5. The quantitative estimate of drug-likeness (QED) is 0.0845. The van der Waals surface area contributed by atoms with E-state index < -0.39 is 17.8 Å². The van der Waals surface area contributed by atoms with E-state index in [0.717, 1.165) is 45.3 Å². The molecule has 0 saturated carbocycles. The Morgan fingerprint density at radius 3 is 1.42 bits per heavy atom. The van der Waals surface area contributed by atoms with Crippen LogP contribution in [0, 0.1) is 0 Å². The smallest absolute Gasteiger partial charge is 0.303 e. The van der Waals surface area contributed by atoms with Crippen molar-refractivity contribution in [3.8, 4) is 45.4 Å². The molecule has 2 amide bonds. The lowest BCUT2D eigenvalue weighted by molar-refractivity contribution is -0.138. The van der Waals surface area contributed by atoms with E-state index in [1.165, 1.54) is 6.92 Å². The van der Waals surface area contributed by atoms with E-state index in [-0.39, 0.29) is 18.7 Å². The Balaban J connectivity index is 0.000000218. The zero-order valence-electron chi connectivity index (χ0n) is 31.3. The Labute approximate surface area is 339 Å². The second-order valence-corrected chi connectivity index (χ2v) is 13.6. The predicted molar refractivity (Wildman–Crippen MR) is 220 cm³/mol. The van der Waals surface area contributed by atoms with Crippen molar-refractivity contribution >= 4 is 52.6 Å². The average Bonchev–Trinajstić information content (AvgIpc) is 3.81. The summed E-state index contributed by atoms with van der Waals surface area (Å²) in [4.78, 5) is 44.8. The minimum Gasteiger partial charge on any atom is -0.496 e. The molecule has 0 radical (unpaired) electrons. The fourth-order valence-electron chi connectivity index (χ4n) is 6.27. The highest BCUT2D eigenvalue weighted by Crippen LogP contribution is 2.37. The third-order valence-electron chi connectivity index (χ3n) is 8.85. The number of halogens is 2. The number of hydrogen-bond acceptors (Lipinski definition) is 6. The molecule has 0 fully saturated rings. The van der Waals surface area contributed by atoms with Gasteiger partial charge >= 0.3 is 11.9 Å². The van der Waals surface area contributed by atoms with Gasteiger partial charge in [-0.25, -0.2) is 0 Å². The molecule has 0 spiro atoms. The number of carboxylic acids is 2. The molecule has 6 rings (SSSR count). The topological polar surface area (TPSA) is 175 Å². The molecule has 0 aliphatic carbocycles. The number of rotatable bonds is 14. The van der Waals surface area contributed by atoms with Gasteiger partial charge in [0.05, 0.1) is 38.4 Å². The Bertz CT molecular complexity index is 2400. The number of amides is 2. The van der Waals surface area contributed by atoms with Gasteiger partial charge in [0.15, 0.2) is 0 Å². The lowest BCUT2D eigenvalue weighted by Gasteiger charge is -2.16. The highest BCUT2D eigenvalue weighted by molar-refractivity contribution is 6.31. The van der Waals surface area contributed by atoms with Gasteiger partial charge in [0.2, 0.25) is 11.8 Å². The van der Waals surface area contributed by atoms with Crippen LogP contribution in [-0.4, -0.2) is 57.3 Å². The van der Waals surface area contributed by atoms with Gasteiger partial charge in [0.25, 0.3) is 0 Å². The van der Waals surface area contributed by atoms with E-state index >= 15 is 0 Å². The first kappa shape index (κ1) is 41.7. The SMILES string of the molecule is COc1cc(Cl)ccc1-c1ccc(CCC(=O)O)n1-c1ccc(C(N)=O)cc1.COc1cc(Cl)ccc1-c1ccc(CCC(=O)O)n1-c1ccc(NC(C)=O)cc1. The van der Waals surface area contributed by atoms with Crippen LogP contribution >= 0.6 is 23.2 Å². The second kappa shape index (κ2) is 18.9. The van der Waals surface area contributed by atoms with Crippen molar-refractivity contribution in [1.29, 1.82) is 0 Å². The van der Waals surface area contributed by atoms with Gasteiger partial charge in [-0.3, -0.25) is 19.2 Å². The summed E-state index contributed by atoms with van der Waals surface area (Å²) in [6.45, 7) is 1.45. The van der Waals surface area contributed by atoms with Gasteiger partial charge < -0.3 is 39.9 Å². The minimum absolute atomic E-state index is 0.000571. The number of primary amides is 1. The zero-order chi connectivity index (χ0) is 41.2. The summed E-state index contributed by atoms with van der Waals surface area (Å²) < 4.78 is 14.9. The van der Waals surface area contributed by atoms with Crippen molar-refractivity contribution < 1.29 is 38.9 Å². The molecular weight excluding hydrogens is 771 g/mol. The van der Waals surface area contributed by atoms with Gasteiger partial charge in [-0.2, -0.15) is 0 Å². The first-order valence-corrected chi connectivity index (χ1v) is 18.4. The number of aromatic nitrogens is 2. The molecule has 12 nitrogen and oxygen atoms in total. The fraction of sp³-hybridized carbons (Fsp3) is 0.163. The van der Waals surface area contributed by atoms with Crippen LogP contribution in [0.5, 0.6) is 11.5 Å². The van der Waals surface area contributed by atoms with E-state index in [9.17, 15) is 19.2 Å². The van der Waals surface area contributed by atoms with E-state index in [1.54, 1.807) is 74.9 Å². The Kier molecular flexibility index (Phi) is 13.8. The third kappa shape index (κ3) is 10.4. The lowest BCUT2D eigenvalue weighted by Crippen LogP contribution is -2.11. The molecule has 0 aliphatic heterocycles. The predicted octanol–water partition coefficient (Wildman–Crippen LogP) is 8.70. The summed E-state index contributed by atoms with van der Waals surface area (Å²) in [7, 11) is 3.14. The highest BCUT2D eigenvalue weighted by Gasteiger charge is 2.19. The fourth-order valence-corrected chi connectivity index (χ4v) is 6.60. The van der Waals surface area contributed by atoms with E-state index in [4.69, 9.17) is 48.6 Å². The molecule has 0 atom stereocenters. The summed E-state index contributed by atoms with van der Waals surface area (Å²) >= 11 is 12.2. The van der Waals surface area contributed by atoms with Crippen molar-refractivity contribution in [2.45, 2.75) is 32.6 Å². The number of nitrogens with two attached hydrogens (primary N) is 1. The maximum absolute atomic E-state index is 11.4. The number of carbonyl (C=O) groups excluding carboxylic acids is 2. The monoisotopic (exact) mass is 810 g/mol. The average molecular weight is 812 g/mol. The number of hydrogen-bond donors (Lipinski definition) is 4. The first-order valence-electron chi connectivity index (χ1n) is 17.6. The van der Waals surface area contributed by atoms with Crippen LogP contribution in [0.15, 0.2) is 109 Å². The summed E-state index contributed by atoms with van der Waals surface area (Å²) in [5.41, 5.74) is 13.0. The molecule has 2 heterocycles. The Morgan fingerprint density at radius 1 is 0.632 bits per heavy atom. The van der Waals surface area contributed by atoms with Crippen LogP contribution in [0.1, 0.15) is 41.5 Å². The number of aliphatic carboxylic acids is 2. The molecule has 0 unspecified atom stereocenters. The van der Waals surface area contributed by atoms with Crippen LogP contribution < -0.4 is 20.5 Å². The largest absolute Gasteiger partial charge is 0.496 e. The number of methoxy groups -OCH3 is 2. The Morgan fingerprint density at radius 2 is 1.05 bits per heavy atom. The molecule has 5 N–H and O–H groups in total. The van der Waals surface area contributed by atoms with E-state index in [2.05, 4.69) is 5.32 Å². The van der Waals surface area contributed by atoms with Gasteiger partial charge in [0.1, 0.15) is 11.5 Å². The number of carboxylic acid groups (broad SMARTS) is 2. The van der Waals surface area contributed by atoms with Crippen molar-refractivity contribution in [3.63, 3.8) is 0 Å². The van der Waals surface area contributed by atoms with Crippen LogP contribution in [0.25, 0.3) is 33.9 Å². The molecule has 0 aliphatic rings. The van der Waals surface area contributed by atoms with Gasteiger partial charge in [-0.15, -0.1) is 0 Å². The number of carbonyl (C=O) groups is 4. The molecule has 294 valence electrons. The third-order valence-corrected chi connectivity index (χ3v) is 9.32. The van der Waals surface area contributed by atoms with Crippen molar-refractivity contribution in [3.05, 3.63) is 136 Å². The lowest BCUT2D eigenvalue weighted by atomic mass is 10.1. The van der Waals surface area contributed by atoms with Crippen LogP contribution in [0.4, 0.5) is 5.69 Å². The van der Waals surface area contributed by atoms with Crippen molar-refractivity contribution in [2.75, 3.05) is 19.5 Å². The minimum atomic E-state index is -0.873. The standard InChI is InChI=1S/C22H21ClN2O4.C21H19ClN2O4/c1-14(26)24-16-4-6-17(7-5-16)25-18(9-12-22(27)28)8-11-20(25)19-10-3-15(23)13-21(19)29-2;1-28-19-12-14(22)4-9-17(19)18-10-7-16(8-11-20(25)26)24(18)15-5-2-13(3-6-15)21(23)27/h3-8,10-11,13H,9,12H2,1-2H3,(H,24,26)(H,27,28);2-7,9-10,12H,8,11H2,1H3,(H2,23,27)(H,25,26). The van der Waals surface area contributed by atoms with Gasteiger partial charge in [-0.05, 0) is 122 Å². The summed E-state index contributed by atoms with van der Waals surface area (Å²) in [5, 5.41) is 22.0. The molecule has 57 heavy (non-hydrogen) atoms. The van der Waals surface area contributed by atoms with Crippen LogP contribution in [-0.2, 0) is 27.2 Å². The van der Waals surface area contributed by atoms with E-state index in [1.807, 2.05) is 57.7 Å². The molecule has 14 heteroatoms.